The highest BCUT2D eigenvalue weighted by Crippen LogP contribution is 2.26. The Morgan fingerprint density at radius 1 is 1.19 bits per heavy atom. The van der Waals surface area contributed by atoms with Crippen LogP contribution in [0.2, 0.25) is 0 Å². The minimum absolute atomic E-state index is 0.215. The van der Waals surface area contributed by atoms with E-state index in [9.17, 15) is 4.39 Å². The lowest BCUT2D eigenvalue weighted by atomic mass is 10.1. The van der Waals surface area contributed by atoms with Crippen molar-refractivity contribution in [3.8, 4) is 5.75 Å². The third-order valence-electron chi connectivity index (χ3n) is 3.52. The van der Waals surface area contributed by atoms with Crippen LogP contribution in [0.4, 0.5) is 10.1 Å². The number of benzene rings is 2. The molecule has 0 heterocycles. The molecule has 4 heteroatoms. The average Bonchev–Trinajstić information content (AvgIpc) is 2.53. The molecule has 0 saturated carbocycles. The standard InChI is InChI=1S/C17H21FN2O/c1-3-20(16-7-5-4-6-15(16)18)12-14-10-13(11-19)8-9-17(14)21-2/h4-10H,3,11-12,19H2,1-2H3. The molecule has 2 aromatic carbocycles. The average molecular weight is 288 g/mol. The van der Waals surface area contributed by atoms with E-state index in [1.165, 1.54) is 6.07 Å². The lowest BCUT2D eigenvalue weighted by Gasteiger charge is -2.25. The van der Waals surface area contributed by atoms with Gasteiger partial charge in [0.1, 0.15) is 11.6 Å². The van der Waals surface area contributed by atoms with Gasteiger partial charge in [0.05, 0.1) is 12.8 Å². The molecule has 0 aliphatic rings. The summed E-state index contributed by atoms with van der Waals surface area (Å²) in [6.45, 7) is 3.76. The minimum atomic E-state index is -0.215. The summed E-state index contributed by atoms with van der Waals surface area (Å²) in [7, 11) is 1.64. The zero-order chi connectivity index (χ0) is 15.2. The molecule has 0 atom stereocenters. The van der Waals surface area contributed by atoms with E-state index in [2.05, 4.69) is 0 Å². The molecule has 2 rings (SSSR count). The van der Waals surface area contributed by atoms with Gasteiger partial charge in [-0.3, -0.25) is 0 Å². The van der Waals surface area contributed by atoms with Crippen molar-refractivity contribution in [1.29, 1.82) is 0 Å². The first-order valence-corrected chi connectivity index (χ1v) is 7.05. The van der Waals surface area contributed by atoms with Gasteiger partial charge in [0.25, 0.3) is 0 Å². The van der Waals surface area contributed by atoms with E-state index in [0.717, 1.165) is 16.9 Å². The quantitative estimate of drug-likeness (QED) is 0.886. The number of nitrogens with zero attached hydrogens (tertiary/aromatic N) is 1. The Balaban J connectivity index is 2.32. The van der Waals surface area contributed by atoms with Gasteiger partial charge >= 0.3 is 0 Å². The smallest absolute Gasteiger partial charge is 0.146 e. The summed E-state index contributed by atoms with van der Waals surface area (Å²) in [4.78, 5) is 1.98. The third kappa shape index (κ3) is 3.52. The van der Waals surface area contributed by atoms with Crippen LogP contribution in [0.5, 0.6) is 5.75 Å². The second-order valence-electron chi connectivity index (χ2n) is 4.82. The number of rotatable bonds is 6. The van der Waals surface area contributed by atoms with Crippen LogP contribution < -0.4 is 15.4 Å². The first kappa shape index (κ1) is 15.3. The van der Waals surface area contributed by atoms with Gasteiger partial charge in [-0.05, 0) is 36.8 Å². The van der Waals surface area contributed by atoms with Crippen LogP contribution in [0.15, 0.2) is 42.5 Å². The SMILES string of the molecule is CCN(Cc1cc(CN)ccc1OC)c1ccccc1F. The molecule has 0 unspecified atom stereocenters. The fraction of sp³-hybridized carbons (Fsp3) is 0.294. The van der Waals surface area contributed by atoms with Gasteiger partial charge in [0, 0.05) is 25.2 Å². The maximum atomic E-state index is 14.0. The van der Waals surface area contributed by atoms with Crippen molar-refractivity contribution < 1.29 is 9.13 Å². The van der Waals surface area contributed by atoms with Crippen molar-refractivity contribution in [2.24, 2.45) is 5.73 Å². The normalized spacial score (nSPS) is 10.5. The Morgan fingerprint density at radius 3 is 2.57 bits per heavy atom. The van der Waals surface area contributed by atoms with Gasteiger partial charge in [0.2, 0.25) is 0 Å². The lowest BCUT2D eigenvalue weighted by Crippen LogP contribution is -2.23. The monoisotopic (exact) mass is 288 g/mol. The Hall–Kier alpha value is -2.07. The van der Waals surface area contributed by atoms with E-state index in [1.54, 1.807) is 19.2 Å². The zero-order valence-electron chi connectivity index (χ0n) is 12.5. The first-order valence-electron chi connectivity index (χ1n) is 7.05. The number of ether oxygens (including phenoxy) is 1. The van der Waals surface area contributed by atoms with Crippen molar-refractivity contribution in [3.63, 3.8) is 0 Å². The maximum absolute atomic E-state index is 14.0. The van der Waals surface area contributed by atoms with E-state index in [4.69, 9.17) is 10.5 Å². The highest BCUT2D eigenvalue weighted by Gasteiger charge is 2.13. The van der Waals surface area contributed by atoms with Crippen molar-refractivity contribution >= 4 is 5.69 Å². The Labute approximate surface area is 125 Å². The minimum Gasteiger partial charge on any atom is -0.496 e. The maximum Gasteiger partial charge on any atom is 0.146 e. The second-order valence-corrected chi connectivity index (χ2v) is 4.82. The summed E-state index contributed by atoms with van der Waals surface area (Å²) < 4.78 is 19.4. The van der Waals surface area contributed by atoms with E-state index < -0.39 is 0 Å². The summed E-state index contributed by atoms with van der Waals surface area (Å²) in [6.07, 6.45) is 0. The predicted molar refractivity (Wildman–Crippen MR) is 84.0 cm³/mol. The Bertz CT molecular complexity index is 601. The largest absolute Gasteiger partial charge is 0.496 e. The molecule has 0 saturated heterocycles. The highest BCUT2D eigenvalue weighted by molar-refractivity contribution is 5.49. The number of methoxy groups -OCH3 is 1. The molecule has 0 spiro atoms. The number of nitrogens with two attached hydrogens (primary N) is 1. The molecule has 0 fully saturated rings. The molecular formula is C17H21FN2O. The number of hydrogen-bond acceptors (Lipinski definition) is 3. The fourth-order valence-electron chi connectivity index (χ4n) is 2.36. The molecule has 21 heavy (non-hydrogen) atoms. The molecule has 0 aromatic heterocycles. The van der Waals surface area contributed by atoms with Gasteiger partial charge < -0.3 is 15.4 Å². The lowest BCUT2D eigenvalue weighted by molar-refractivity contribution is 0.409. The van der Waals surface area contributed by atoms with Crippen LogP contribution in [-0.2, 0) is 13.1 Å². The van der Waals surface area contributed by atoms with E-state index in [-0.39, 0.29) is 5.82 Å². The summed E-state index contributed by atoms with van der Waals surface area (Å²) in [5, 5.41) is 0. The summed E-state index contributed by atoms with van der Waals surface area (Å²) in [6, 6.07) is 12.7. The van der Waals surface area contributed by atoms with E-state index in [1.807, 2.05) is 36.1 Å². The van der Waals surface area contributed by atoms with Crippen molar-refractivity contribution in [3.05, 3.63) is 59.4 Å². The fourth-order valence-corrected chi connectivity index (χ4v) is 2.36. The molecule has 0 amide bonds. The highest BCUT2D eigenvalue weighted by atomic mass is 19.1. The first-order chi connectivity index (χ1) is 10.2. The van der Waals surface area contributed by atoms with Crippen molar-refractivity contribution in [2.45, 2.75) is 20.0 Å². The number of anilines is 1. The molecule has 3 nitrogen and oxygen atoms in total. The van der Waals surface area contributed by atoms with Crippen molar-refractivity contribution in [2.75, 3.05) is 18.6 Å². The summed E-state index contributed by atoms with van der Waals surface area (Å²) in [5.74, 6) is 0.579. The van der Waals surface area contributed by atoms with Crippen LogP contribution >= 0.6 is 0 Å². The zero-order valence-corrected chi connectivity index (χ0v) is 12.5. The van der Waals surface area contributed by atoms with Gasteiger partial charge in [0.15, 0.2) is 0 Å². The molecule has 0 bridgehead atoms. The van der Waals surface area contributed by atoms with Crippen LogP contribution in [0, 0.1) is 5.82 Å². The van der Waals surface area contributed by atoms with Gasteiger partial charge in [-0.15, -0.1) is 0 Å². The summed E-state index contributed by atoms with van der Waals surface area (Å²) in [5.41, 5.74) is 8.33. The molecule has 0 radical (unpaired) electrons. The van der Waals surface area contributed by atoms with Gasteiger partial charge in [-0.25, -0.2) is 4.39 Å². The third-order valence-corrected chi connectivity index (χ3v) is 3.52. The van der Waals surface area contributed by atoms with Crippen LogP contribution in [0.25, 0.3) is 0 Å². The van der Waals surface area contributed by atoms with Crippen LogP contribution in [0.3, 0.4) is 0 Å². The van der Waals surface area contributed by atoms with Crippen LogP contribution in [-0.4, -0.2) is 13.7 Å². The van der Waals surface area contributed by atoms with E-state index in [0.29, 0.717) is 25.3 Å². The van der Waals surface area contributed by atoms with E-state index >= 15 is 0 Å². The van der Waals surface area contributed by atoms with Crippen LogP contribution in [0.1, 0.15) is 18.1 Å². The second kappa shape index (κ2) is 7.09. The number of halogens is 1. The molecule has 2 N–H and O–H groups in total. The number of para-hydroxylation sites is 1. The predicted octanol–water partition coefficient (Wildman–Crippen LogP) is 3.32. The molecular weight excluding hydrogens is 267 g/mol. The topological polar surface area (TPSA) is 38.5 Å². The molecule has 112 valence electrons. The molecule has 0 aliphatic heterocycles. The summed E-state index contributed by atoms with van der Waals surface area (Å²) >= 11 is 0. The van der Waals surface area contributed by atoms with Gasteiger partial charge in [-0.1, -0.05) is 18.2 Å². The molecule has 2 aromatic rings. The molecule has 0 aliphatic carbocycles. The Kier molecular flexibility index (Phi) is 5.17. The Morgan fingerprint density at radius 2 is 1.95 bits per heavy atom. The van der Waals surface area contributed by atoms with Gasteiger partial charge in [-0.2, -0.15) is 0 Å². The van der Waals surface area contributed by atoms with Crippen molar-refractivity contribution in [1.82, 2.24) is 0 Å². The number of hydrogen-bond donors (Lipinski definition) is 1.